The van der Waals surface area contributed by atoms with Gasteiger partial charge in [0, 0.05) is 23.3 Å². The Morgan fingerprint density at radius 3 is 2.89 bits per heavy atom. The Morgan fingerprint density at radius 1 is 1.42 bits per heavy atom. The Morgan fingerprint density at radius 2 is 2.26 bits per heavy atom. The Kier molecular flexibility index (Phi) is 5.82. The lowest BCUT2D eigenvalue weighted by atomic mass is 10.1. The molecule has 2 aromatic heterocycles. The number of pyridine rings is 1. The van der Waals surface area contributed by atoms with Crippen LogP contribution in [0.25, 0.3) is 0 Å². The molecule has 2 aromatic rings. The van der Waals surface area contributed by atoms with Gasteiger partial charge in [-0.05, 0) is 59.1 Å². The molecule has 102 valence electrons. The van der Waals surface area contributed by atoms with E-state index in [2.05, 4.69) is 45.3 Å². The van der Waals surface area contributed by atoms with Gasteiger partial charge in [-0.25, -0.2) is 0 Å². The molecule has 1 atom stereocenters. The highest BCUT2D eigenvalue weighted by Crippen LogP contribution is 2.30. The van der Waals surface area contributed by atoms with Gasteiger partial charge in [-0.1, -0.05) is 18.5 Å². The molecule has 19 heavy (non-hydrogen) atoms. The number of rotatable bonds is 6. The minimum absolute atomic E-state index is 0.302. The molecule has 1 N–H and O–H groups in total. The van der Waals surface area contributed by atoms with Crippen LogP contribution in [0.2, 0.25) is 5.02 Å². The van der Waals surface area contributed by atoms with Gasteiger partial charge in [0.1, 0.15) is 0 Å². The third kappa shape index (κ3) is 4.28. The fraction of sp³-hybridized carbons (Fsp3) is 0.357. The van der Waals surface area contributed by atoms with E-state index in [4.69, 9.17) is 11.6 Å². The molecule has 0 saturated carbocycles. The lowest BCUT2D eigenvalue weighted by molar-refractivity contribution is 0.536. The summed E-state index contributed by atoms with van der Waals surface area (Å²) in [5.41, 5.74) is 1.13. The molecule has 0 radical (unpaired) electrons. The predicted molar refractivity (Wildman–Crippen MR) is 86.0 cm³/mol. The van der Waals surface area contributed by atoms with Crippen LogP contribution in [0.4, 0.5) is 0 Å². The third-order valence-corrected chi connectivity index (χ3v) is 4.94. The van der Waals surface area contributed by atoms with Gasteiger partial charge in [-0.3, -0.25) is 4.98 Å². The van der Waals surface area contributed by atoms with E-state index in [0.29, 0.717) is 6.04 Å². The van der Waals surface area contributed by atoms with Crippen molar-refractivity contribution < 1.29 is 0 Å². The van der Waals surface area contributed by atoms with E-state index in [9.17, 15) is 0 Å². The lowest BCUT2D eigenvalue weighted by Gasteiger charge is -2.17. The standard InChI is InChI=1S/C14H16BrClN2S/c1-2-6-18-12(13-3-4-14(15)19-13)8-10-5-7-17-9-11(10)16/h3-5,7,9,12,18H,2,6,8H2,1H3. The van der Waals surface area contributed by atoms with Gasteiger partial charge >= 0.3 is 0 Å². The molecule has 0 saturated heterocycles. The van der Waals surface area contributed by atoms with Crippen molar-refractivity contribution >= 4 is 38.9 Å². The van der Waals surface area contributed by atoms with Crippen molar-refractivity contribution in [2.75, 3.05) is 6.54 Å². The molecular formula is C14H16BrClN2S. The second-order valence-corrected chi connectivity index (χ2v) is 7.22. The highest BCUT2D eigenvalue weighted by atomic mass is 79.9. The summed E-state index contributed by atoms with van der Waals surface area (Å²) in [5, 5.41) is 4.32. The largest absolute Gasteiger partial charge is 0.309 e. The normalized spacial score (nSPS) is 12.6. The Balaban J connectivity index is 2.16. The van der Waals surface area contributed by atoms with Crippen molar-refractivity contribution in [1.29, 1.82) is 0 Å². The molecule has 0 aliphatic heterocycles. The van der Waals surface area contributed by atoms with E-state index in [0.717, 1.165) is 33.8 Å². The average Bonchev–Trinajstić information content (AvgIpc) is 2.83. The van der Waals surface area contributed by atoms with E-state index in [1.807, 2.05) is 6.07 Å². The van der Waals surface area contributed by atoms with Crippen molar-refractivity contribution in [3.8, 4) is 0 Å². The molecule has 0 bridgehead atoms. The average molecular weight is 360 g/mol. The van der Waals surface area contributed by atoms with Gasteiger partial charge < -0.3 is 5.32 Å². The fourth-order valence-corrected chi connectivity index (χ4v) is 3.59. The molecule has 0 fully saturated rings. The van der Waals surface area contributed by atoms with Crippen LogP contribution in [0.5, 0.6) is 0 Å². The molecule has 2 nitrogen and oxygen atoms in total. The van der Waals surface area contributed by atoms with Gasteiger partial charge in [0.25, 0.3) is 0 Å². The summed E-state index contributed by atoms with van der Waals surface area (Å²) >= 11 is 11.5. The quantitative estimate of drug-likeness (QED) is 0.798. The van der Waals surface area contributed by atoms with Crippen LogP contribution in [0.1, 0.15) is 29.8 Å². The van der Waals surface area contributed by atoms with Gasteiger partial charge in [-0.15, -0.1) is 11.3 Å². The van der Waals surface area contributed by atoms with Gasteiger partial charge in [0.05, 0.1) is 8.81 Å². The van der Waals surface area contributed by atoms with E-state index in [1.54, 1.807) is 23.7 Å². The molecule has 0 amide bonds. The molecule has 2 rings (SSSR count). The summed E-state index contributed by atoms with van der Waals surface area (Å²) in [6.07, 6.45) is 5.50. The maximum absolute atomic E-state index is 6.20. The molecule has 0 aromatic carbocycles. The predicted octanol–water partition coefficient (Wildman–Crippen LogP) is 4.84. The van der Waals surface area contributed by atoms with Crippen LogP contribution in [0.3, 0.4) is 0 Å². The maximum Gasteiger partial charge on any atom is 0.0701 e. The van der Waals surface area contributed by atoms with E-state index >= 15 is 0 Å². The summed E-state index contributed by atoms with van der Waals surface area (Å²) in [6, 6.07) is 6.55. The van der Waals surface area contributed by atoms with Crippen LogP contribution in [0, 0.1) is 0 Å². The lowest BCUT2D eigenvalue weighted by Crippen LogP contribution is -2.23. The number of nitrogens with zero attached hydrogens (tertiary/aromatic N) is 1. The highest BCUT2D eigenvalue weighted by molar-refractivity contribution is 9.11. The fourth-order valence-electron chi connectivity index (χ4n) is 1.90. The van der Waals surface area contributed by atoms with Crippen LogP contribution >= 0.6 is 38.9 Å². The second kappa shape index (κ2) is 7.39. The van der Waals surface area contributed by atoms with E-state index in [1.165, 1.54) is 4.88 Å². The van der Waals surface area contributed by atoms with E-state index < -0.39 is 0 Å². The number of thiophene rings is 1. The number of halogens is 2. The van der Waals surface area contributed by atoms with Gasteiger partial charge in [-0.2, -0.15) is 0 Å². The summed E-state index contributed by atoms with van der Waals surface area (Å²) in [6.45, 7) is 3.18. The zero-order chi connectivity index (χ0) is 13.7. The van der Waals surface area contributed by atoms with Crippen molar-refractivity contribution in [3.63, 3.8) is 0 Å². The number of nitrogens with one attached hydrogen (secondary N) is 1. The van der Waals surface area contributed by atoms with E-state index in [-0.39, 0.29) is 0 Å². The Bertz CT molecular complexity index is 530. The minimum Gasteiger partial charge on any atom is -0.309 e. The summed E-state index contributed by atoms with van der Waals surface area (Å²) in [4.78, 5) is 5.36. The summed E-state index contributed by atoms with van der Waals surface area (Å²) in [5.74, 6) is 0. The number of hydrogen-bond acceptors (Lipinski definition) is 3. The molecule has 1 unspecified atom stereocenters. The maximum atomic E-state index is 6.20. The Hall–Kier alpha value is -0.420. The zero-order valence-corrected chi connectivity index (χ0v) is 13.9. The minimum atomic E-state index is 0.302. The van der Waals surface area contributed by atoms with Crippen LogP contribution in [0.15, 0.2) is 34.4 Å². The monoisotopic (exact) mass is 358 g/mol. The highest BCUT2D eigenvalue weighted by Gasteiger charge is 2.15. The van der Waals surface area contributed by atoms with Crippen LogP contribution in [-0.2, 0) is 6.42 Å². The number of aromatic nitrogens is 1. The van der Waals surface area contributed by atoms with Gasteiger partial charge in [0.2, 0.25) is 0 Å². The first-order valence-corrected chi connectivity index (χ1v) is 8.26. The first-order valence-electron chi connectivity index (χ1n) is 6.27. The molecular weight excluding hydrogens is 344 g/mol. The topological polar surface area (TPSA) is 24.9 Å². The smallest absolute Gasteiger partial charge is 0.0701 e. The van der Waals surface area contributed by atoms with Crippen LogP contribution in [-0.4, -0.2) is 11.5 Å². The molecule has 5 heteroatoms. The van der Waals surface area contributed by atoms with Crippen LogP contribution < -0.4 is 5.32 Å². The molecule has 0 aliphatic carbocycles. The van der Waals surface area contributed by atoms with Crippen molar-refractivity contribution in [3.05, 3.63) is 49.8 Å². The molecule has 0 aliphatic rings. The Labute approximate surface area is 131 Å². The zero-order valence-electron chi connectivity index (χ0n) is 10.7. The third-order valence-electron chi connectivity index (χ3n) is 2.86. The van der Waals surface area contributed by atoms with Crippen molar-refractivity contribution in [2.24, 2.45) is 0 Å². The molecule has 2 heterocycles. The SMILES string of the molecule is CCCNC(Cc1ccncc1Cl)c1ccc(Br)s1. The summed E-state index contributed by atoms with van der Waals surface area (Å²) < 4.78 is 1.16. The summed E-state index contributed by atoms with van der Waals surface area (Å²) in [7, 11) is 0. The second-order valence-electron chi connectivity index (χ2n) is 4.32. The number of hydrogen-bond donors (Lipinski definition) is 1. The first-order chi connectivity index (χ1) is 9.20. The van der Waals surface area contributed by atoms with Crippen molar-refractivity contribution in [1.82, 2.24) is 10.3 Å². The van der Waals surface area contributed by atoms with Crippen molar-refractivity contribution in [2.45, 2.75) is 25.8 Å². The first kappa shape index (κ1) is 15.0. The molecule has 0 spiro atoms. The van der Waals surface area contributed by atoms with Gasteiger partial charge in [0.15, 0.2) is 0 Å².